The molecule has 0 radical (unpaired) electrons. The predicted octanol–water partition coefficient (Wildman–Crippen LogP) is 2.27. The van der Waals surface area contributed by atoms with Crippen molar-refractivity contribution in [2.75, 3.05) is 5.75 Å². The van der Waals surface area contributed by atoms with E-state index in [4.69, 9.17) is 0 Å². The zero-order valence-corrected chi connectivity index (χ0v) is 7.86. The number of thioether (sulfide) groups is 1. The minimum atomic E-state index is 0.333. The fraction of sp³-hybridized carbons (Fsp3) is 0.667. The molecule has 1 atom stereocenters. The maximum absolute atomic E-state index is 10.1. The van der Waals surface area contributed by atoms with Crippen LogP contribution in [-0.2, 0) is 4.79 Å². The average Bonchev–Trinajstić information content (AvgIpc) is 2.25. The lowest BCUT2D eigenvalue weighted by Crippen LogP contribution is -2.19. The minimum absolute atomic E-state index is 0.333. The first-order valence-electron chi connectivity index (χ1n) is 3.93. The smallest absolute Gasteiger partial charge is 0.142 e. The van der Waals surface area contributed by atoms with Crippen LogP contribution >= 0.6 is 11.8 Å². The molecule has 0 amide bonds. The Bertz CT molecular complexity index is 172. The maximum atomic E-state index is 10.1. The molecule has 0 spiro atoms. The lowest BCUT2D eigenvalue weighted by Gasteiger charge is -2.22. The number of allylic oxidation sites excluding steroid dienone is 2. The Morgan fingerprint density at radius 1 is 1.55 bits per heavy atom. The van der Waals surface area contributed by atoms with Crippen molar-refractivity contribution in [3.8, 4) is 0 Å². The van der Waals surface area contributed by atoms with Crippen molar-refractivity contribution in [1.82, 2.24) is 0 Å². The molecule has 0 N–H and O–H groups in total. The molecule has 1 saturated heterocycles. The third kappa shape index (κ3) is 2.09. The van der Waals surface area contributed by atoms with E-state index in [1.807, 2.05) is 17.8 Å². The molecular weight excluding hydrogens is 156 g/mol. The summed E-state index contributed by atoms with van der Waals surface area (Å²) in [6.45, 7) is 4.48. The van der Waals surface area contributed by atoms with Gasteiger partial charge in [-0.3, -0.25) is 4.79 Å². The highest BCUT2D eigenvalue weighted by molar-refractivity contribution is 8.00. The number of aldehydes is 1. The molecule has 11 heavy (non-hydrogen) atoms. The van der Waals surface area contributed by atoms with Gasteiger partial charge in [0.15, 0.2) is 0 Å². The van der Waals surface area contributed by atoms with Gasteiger partial charge in [-0.1, -0.05) is 19.9 Å². The summed E-state index contributed by atoms with van der Waals surface area (Å²) in [7, 11) is 0. The van der Waals surface area contributed by atoms with E-state index in [2.05, 4.69) is 13.8 Å². The molecule has 2 heteroatoms. The first-order valence-corrected chi connectivity index (χ1v) is 4.91. The molecule has 1 nitrogen and oxygen atoms in total. The van der Waals surface area contributed by atoms with E-state index in [0.717, 1.165) is 6.29 Å². The number of rotatable bonds is 2. The van der Waals surface area contributed by atoms with E-state index >= 15 is 0 Å². The standard InChI is InChI=1S/C9H14OS/c1-9(2)8(4-3-6-10)5-7-11-9/h3-4,6,8H,5,7H2,1-2H3/b4-3+. The van der Waals surface area contributed by atoms with Gasteiger partial charge in [0.05, 0.1) is 0 Å². The SMILES string of the molecule is CC1(C)SCCC1/C=C/C=O. The Hall–Kier alpha value is -0.240. The Morgan fingerprint density at radius 3 is 2.73 bits per heavy atom. The van der Waals surface area contributed by atoms with Gasteiger partial charge in [-0.05, 0) is 24.2 Å². The van der Waals surface area contributed by atoms with Crippen LogP contribution in [0.5, 0.6) is 0 Å². The molecule has 62 valence electrons. The zero-order valence-electron chi connectivity index (χ0n) is 7.04. The van der Waals surface area contributed by atoms with E-state index in [1.54, 1.807) is 6.08 Å². The molecule has 0 aromatic carbocycles. The van der Waals surface area contributed by atoms with Crippen molar-refractivity contribution >= 4 is 18.0 Å². The normalized spacial score (nSPS) is 29.5. The lowest BCUT2D eigenvalue weighted by molar-refractivity contribution is -0.104. The molecule has 1 heterocycles. The maximum Gasteiger partial charge on any atom is 0.142 e. The van der Waals surface area contributed by atoms with Crippen LogP contribution in [0.25, 0.3) is 0 Å². The Morgan fingerprint density at radius 2 is 2.27 bits per heavy atom. The zero-order chi connectivity index (χ0) is 8.32. The van der Waals surface area contributed by atoms with Crippen molar-refractivity contribution in [1.29, 1.82) is 0 Å². The minimum Gasteiger partial charge on any atom is -0.299 e. The molecule has 1 aliphatic heterocycles. The summed E-state index contributed by atoms with van der Waals surface area (Å²) in [6.07, 6.45) is 5.73. The first-order chi connectivity index (χ1) is 5.17. The highest BCUT2D eigenvalue weighted by Crippen LogP contribution is 2.42. The first kappa shape index (κ1) is 8.85. The summed E-state index contributed by atoms with van der Waals surface area (Å²) in [5.74, 6) is 1.80. The third-order valence-electron chi connectivity index (χ3n) is 2.22. The summed E-state index contributed by atoms with van der Waals surface area (Å²) in [5, 5.41) is 0. The summed E-state index contributed by atoms with van der Waals surface area (Å²) < 4.78 is 0.333. The monoisotopic (exact) mass is 170 g/mol. The largest absolute Gasteiger partial charge is 0.299 e. The average molecular weight is 170 g/mol. The fourth-order valence-electron chi connectivity index (χ4n) is 1.41. The van der Waals surface area contributed by atoms with Crippen LogP contribution < -0.4 is 0 Å². The highest BCUT2D eigenvalue weighted by atomic mass is 32.2. The number of hydrogen-bond donors (Lipinski definition) is 0. The van der Waals surface area contributed by atoms with Crippen LogP contribution in [0, 0.1) is 5.92 Å². The van der Waals surface area contributed by atoms with E-state index in [0.29, 0.717) is 10.7 Å². The van der Waals surface area contributed by atoms with Gasteiger partial charge in [0, 0.05) is 4.75 Å². The number of hydrogen-bond acceptors (Lipinski definition) is 2. The van der Waals surface area contributed by atoms with Crippen molar-refractivity contribution in [3.05, 3.63) is 12.2 Å². The molecule has 0 saturated carbocycles. The highest BCUT2D eigenvalue weighted by Gasteiger charge is 2.32. The fourth-order valence-corrected chi connectivity index (χ4v) is 2.72. The van der Waals surface area contributed by atoms with E-state index in [9.17, 15) is 4.79 Å². The molecule has 1 fully saturated rings. The quantitative estimate of drug-likeness (QED) is 0.467. The van der Waals surface area contributed by atoms with E-state index in [-0.39, 0.29) is 0 Å². The molecule has 1 rings (SSSR count). The van der Waals surface area contributed by atoms with Gasteiger partial charge in [0.1, 0.15) is 6.29 Å². The van der Waals surface area contributed by atoms with Crippen molar-refractivity contribution in [2.24, 2.45) is 5.92 Å². The topological polar surface area (TPSA) is 17.1 Å². The molecule has 0 aromatic heterocycles. The van der Waals surface area contributed by atoms with Gasteiger partial charge >= 0.3 is 0 Å². The molecule has 1 unspecified atom stereocenters. The van der Waals surface area contributed by atoms with Crippen LogP contribution in [0.3, 0.4) is 0 Å². The molecule has 0 aliphatic carbocycles. The summed E-state index contributed by atoms with van der Waals surface area (Å²) in [5.41, 5.74) is 0. The third-order valence-corrected chi connectivity index (χ3v) is 3.70. The number of carbonyl (C=O) groups is 1. The van der Waals surface area contributed by atoms with Crippen LogP contribution in [0.15, 0.2) is 12.2 Å². The van der Waals surface area contributed by atoms with Crippen LogP contribution in [0.2, 0.25) is 0 Å². The van der Waals surface area contributed by atoms with Crippen LogP contribution in [0.1, 0.15) is 20.3 Å². The van der Waals surface area contributed by atoms with Gasteiger partial charge in [0.2, 0.25) is 0 Å². The van der Waals surface area contributed by atoms with E-state index in [1.165, 1.54) is 12.2 Å². The second-order valence-corrected chi connectivity index (χ2v) is 5.12. The van der Waals surface area contributed by atoms with Crippen molar-refractivity contribution < 1.29 is 4.79 Å². The van der Waals surface area contributed by atoms with Gasteiger partial charge in [-0.15, -0.1) is 0 Å². The lowest BCUT2D eigenvalue weighted by atomic mass is 9.92. The Balaban J connectivity index is 2.57. The predicted molar refractivity (Wildman–Crippen MR) is 49.8 cm³/mol. The Labute approximate surface area is 72.2 Å². The second kappa shape index (κ2) is 3.44. The van der Waals surface area contributed by atoms with Gasteiger partial charge in [-0.2, -0.15) is 11.8 Å². The van der Waals surface area contributed by atoms with Gasteiger partial charge in [-0.25, -0.2) is 0 Å². The summed E-state index contributed by atoms with van der Waals surface area (Å²) in [4.78, 5) is 10.1. The molecule has 1 aliphatic rings. The summed E-state index contributed by atoms with van der Waals surface area (Å²) in [6, 6.07) is 0. The molecule has 0 bridgehead atoms. The molecular formula is C9H14OS. The number of carbonyl (C=O) groups excluding carboxylic acids is 1. The molecule has 0 aromatic rings. The van der Waals surface area contributed by atoms with Gasteiger partial charge in [0.25, 0.3) is 0 Å². The van der Waals surface area contributed by atoms with Crippen molar-refractivity contribution in [2.45, 2.75) is 25.0 Å². The van der Waals surface area contributed by atoms with Crippen molar-refractivity contribution in [3.63, 3.8) is 0 Å². The Kier molecular flexibility index (Phi) is 2.77. The summed E-state index contributed by atoms with van der Waals surface area (Å²) >= 11 is 1.99. The van der Waals surface area contributed by atoms with Crippen LogP contribution in [0.4, 0.5) is 0 Å². The van der Waals surface area contributed by atoms with Crippen LogP contribution in [-0.4, -0.2) is 16.8 Å². The second-order valence-electron chi connectivity index (χ2n) is 3.37. The van der Waals surface area contributed by atoms with E-state index < -0.39 is 0 Å². The van der Waals surface area contributed by atoms with Gasteiger partial charge < -0.3 is 0 Å².